The van der Waals surface area contributed by atoms with Gasteiger partial charge in [-0.05, 0) is 37.6 Å². The maximum Gasteiger partial charge on any atom is 0.251 e. The molecule has 1 amide bonds. The lowest BCUT2D eigenvalue weighted by Crippen LogP contribution is -2.27. The Hall–Kier alpha value is -2.18. The molecule has 1 N–H and O–H groups in total. The van der Waals surface area contributed by atoms with Gasteiger partial charge in [0.15, 0.2) is 0 Å². The van der Waals surface area contributed by atoms with Crippen LogP contribution in [0.3, 0.4) is 0 Å². The minimum absolute atomic E-state index is 0.148. The van der Waals surface area contributed by atoms with Crippen LogP contribution in [0.1, 0.15) is 27.0 Å². The average Bonchev–Trinajstić information content (AvgIpc) is 2.51. The standard InChI is InChI=1S/C18H22N2O3S/c1-13-9-14(2)11-16(10-13)18(21)19-12-15-7-5-6-8-17(15)24(22,23)20(3)4/h5-11H,12H2,1-4H3,(H,19,21). The summed E-state index contributed by atoms with van der Waals surface area (Å²) in [7, 11) is -0.579. The average molecular weight is 346 g/mol. The van der Waals surface area contributed by atoms with E-state index in [-0.39, 0.29) is 17.3 Å². The minimum Gasteiger partial charge on any atom is -0.348 e. The number of nitrogens with zero attached hydrogens (tertiary/aromatic N) is 1. The lowest BCUT2D eigenvalue weighted by atomic mass is 10.1. The second kappa shape index (κ2) is 7.15. The highest BCUT2D eigenvalue weighted by atomic mass is 32.2. The first-order valence-electron chi connectivity index (χ1n) is 7.59. The van der Waals surface area contributed by atoms with Crippen molar-refractivity contribution in [2.24, 2.45) is 0 Å². The van der Waals surface area contributed by atoms with Crippen molar-refractivity contribution in [3.05, 3.63) is 64.7 Å². The molecule has 2 aromatic rings. The fraction of sp³-hybridized carbons (Fsp3) is 0.278. The lowest BCUT2D eigenvalue weighted by molar-refractivity contribution is 0.0950. The first-order chi connectivity index (χ1) is 11.2. The number of rotatable bonds is 5. The zero-order valence-electron chi connectivity index (χ0n) is 14.3. The van der Waals surface area contributed by atoms with Crippen LogP contribution in [0.5, 0.6) is 0 Å². The van der Waals surface area contributed by atoms with E-state index in [0.29, 0.717) is 11.1 Å². The van der Waals surface area contributed by atoms with E-state index in [1.807, 2.05) is 32.0 Å². The Morgan fingerprint density at radius 3 is 2.21 bits per heavy atom. The second-order valence-electron chi connectivity index (χ2n) is 5.95. The molecule has 0 saturated carbocycles. The number of sulfonamides is 1. The number of carbonyl (C=O) groups is 1. The van der Waals surface area contributed by atoms with E-state index < -0.39 is 10.0 Å². The van der Waals surface area contributed by atoms with Crippen molar-refractivity contribution < 1.29 is 13.2 Å². The van der Waals surface area contributed by atoms with Crippen molar-refractivity contribution in [2.75, 3.05) is 14.1 Å². The third kappa shape index (κ3) is 4.01. The molecule has 5 nitrogen and oxygen atoms in total. The Morgan fingerprint density at radius 1 is 1.04 bits per heavy atom. The summed E-state index contributed by atoms with van der Waals surface area (Å²) in [5.41, 5.74) is 3.15. The molecule has 24 heavy (non-hydrogen) atoms. The maximum absolute atomic E-state index is 12.4. The van der Waals surface area contributed by atoms with Gasteiger partial charge in [0.1, 0.15) is 0 Å². The third-order valence-corrected chi connectivity index (χ3v) is 5.57. The largest absolute Gasteiger partial charge is 0.348 e. The van der Waals surface area contributed by atoms with Crippen LogP contribution < -0.4 is 5.32 Å². The zero-order valence-corrected chi connectivity index (χ0v) is 15.1. The normalized spacial score (nSPS) is 11.5. The Balaban J connectivity index is 2.23. The predicted octanol–water partition coefficient (Wildman–Crippen LogP) is 2.48. The number of carbonyl (C=O) groups excluding carboxylic acids is 1. The van der Waals surface area contributed by atoms with E-state index in [0.717, 1.165) is 15.4 Å². The molecule has 0 heterocycles. The topological polar surface area (TPSA) is 66.5 Å². The number of amides is 1. The van der Waals surface area contributed by atoms with Gasteiger partial charge in [-0.25, -0.2) is 12.7 Å². The predicted molar refractivity (Wildman–Crippen MR) is 94.4 cm³/mol. The summed E-state index contributed by atoms with van der Waals surface area (Å²) >= 11 is 0. The molecule has 128 valence electrons. The van der Waals surface area contributed by atoms with Gasteiger partial charge in [-0.2, -0.15) is 0 Å². The van der Waals surface area contributed by atoms with Gasteiger partial charge in [0.25, 0.3) is 5.91 Å². The summed E-state index contributed by atoms with van der Waals surface area (Å²) in [6.07, 6.45) is 0. The molecule has 0 aliphatic carbocycles. The van der Waals surface area contributed by atoms with Crippen LogP contribution in [-0.2, 0) is 16.6 Å². The molecule has 0 atom stereocenters. The van der Waals surface area contributed by atoms with Crippen LogP contribution in [0.15, 0.2) is 47.4 Å². The highest BCUT2D eigenvalue weighted by molar-refractivity contribution is 7.89. The molecule has 0 saturated heterocycles. The summed E-state index contributed by atoms with van der Waals surface area (Å²) in [6, 6.07) is 12.3. The van der Waals surface area contributed by atoms with E-state index in [4.69, 9.17) is 0 Å². The molecular weight excluding hydrogens is 324 g/mol. The third-order valence-electron chi connectivity index (χ3n) is 3.65. The van der Waals surface area contributed by atoms with Gasteiger partial charge in [0.05, 0.1) is 4.90 Å². The summed E-state index contributed by atoms with van der Waals surface area (Å²) in [5, 5.41) is 2.80. The van der Waals surface area contributed by atoms with Crippen LogP contribution in [0.2, 0.25) is 0 Å². The van der Waals surface area contributed by atoms with Gasteiger partial charge in [-0.1, -0.05) is 35.4 Å². The van der Waals surface area contributed by atoms with E-state index >= 15 is 0 Å². The van der Waals surface area contributed by atoms with Crippen molar-refractivity contribution in [3.63, 3.8) is 0 Å². The van der Waals surface area contributed by atoms with E-state index in [1.165, 1.54) is 14.1 Å². The maximum atomic E-state index is 12.4. The molecule has 0 radical (unpaired) electrons. The highest BCUT2D eigenvalue weighted by Gasteiger charge is 2.20. The number of aryl methyl sites for hydroxylation is 2. The van der Waals surface area contributed by atoms with Crippen LogP contribution in [0.4, 0.5) is 0 Å². The van der Waals surface area contributed by atoms with Crippen LogP contribution in [0.25, 0.3) is 0 Å². The van der Waals surface area contributed by atoms with Gasteiger partial charge in [-0.15, -0.1) is 0 Å². The number of nitrogens with one attached hydrogen (secondary N) is 1. The SMILES string of the molecule is Cc1cc(C)cc(C(=O)NCc2ccccc2S(=O)(=O)N(C)C)c1. The Labute approximate surface area is 143 Å². The minimum atomic E-state index is -3.55. The Bertz CT molecular complexity index is 838. The van der Waals surface area contributed by atoms with Gasteiger partial charge in [-0.3, -0.25) is 4.79 Å². The molecule has 0 spiro atoms. The summed E-state index contributed by atoms with van der Waals surface area (Å²) in [6.45, 7) is 4.01. The first-order valence-corrected chi connectivity index (χ1v) is 9.03. The Kier molecular flexibility index (Phi) is 5.41. The van der Waals surface area contributed by atoms with E-state index in [2.05, 4.69) is 5.32 Å². The molecule has 0 aliphatic rings. The van der Waals surface area contributed by atoms with Crippen LogP contribution in [-0.4, -0.2) is 32.7 Å². The molecule has 0 fully saturated rings. The fourth-order valence-corrected chi connectivity index (χ4v) is 3.60. The van der Waals surface area contributed by atoms with Crippen LogP contribution in [0, 0.1) is 13.8 Å². The summed E-state index contributed by atoms with van der Waals surface area (Å²) in [4.78, 5) is 12.6. The molecule has 0 aliphatic heterocycles. The molecule has 6 heteroatoms. The van der Waals surface area contributed by atoms with Gasteiger partial charge < -0.3 is 5.32 Å². The lowest BCUT2D eigenvalue weighted by Gasteiger charge is -2.15. The van der Waals surface area contributed by atoms with Gasteiger partial charge in [0.2, 0.25) is 10.0 Å². The Morgan fingerprint density at radius 2 is 1.62 bits per heavy atom. The van der Waals surface area contributed by atoms with Crippen molar-refractivity contribution >= 4 is 15.9 Å². The summed E-state index contributed by atoms with van der Waals surface area (Å²) < 4.78 is 25.9. The van der Waals surface area contributed by atoms with Gasteiger partial charge >= 0.3 is 0 Å². The first kappa shape index (κ1) is 18.2. The van der Waals surface area contributed by atoms with Crippen molar-refractivity contribution in [2.45, 2.75) is 25.3 Å². The molecular formula is C18H22N2O3S. The van der Waals surface area contributed by atoms with Crippen LogP contribution >= 0.6 is 0 Å². The number of hydrogen-bond acceptors (Lipinski definition) is 3. The zero-order chi connectivity index (χ0) is 17.9. The number of benzene rings is 2. The van der Waals surface area contributed by atoms with Crippen molar-refractivity contribution in [1.29, 1.82) is 0 Å². The monoisotopic (exact) mass is 346 g/mol. The fourth-order valence-electron chi connectivity index (χ4n) is 2.48. The van der Waals surface area contributed by atoms with Gasteiger partial charge in [0, 0.05) is 26.2 Å². The smallest absolute Gasteiger partial charge is 0.251 e. The number of hydrogen-bond donors (Lipinski definition) is 1. The van der Waals surface area contributed by atoms with E-state index in [9.17, 15) is 13.2 Å². The van der Waals surface area contributed by atoms with Crippen molar-refractivity contribution in [1.82, 2.24) is 9.62 Å². The van der Waals surface area contributed by atoms with Crippen molar-refractivity contribution in [3.8, 4) is 0 Å². The molecule has 0 aromatic heterocycles. The highest BCUT2D eigenvalue weighted by Crippen LogP contribution is 2.18. The quantitative estimate of drug-likeness (QED) is 0.904. The molecule has 0 bridgehead atoms. The molecule has 2 aromatic carbocycles. The summed E-state index contributed by atoms with van der Waals surface area (Å²) in [5.74, 6) is -0.223. The molecule has 2 rings (SSSR count). The van der Waals surface area contributed by atoms with E-state index in [1.54, 1.807) is 24.3 Å². The second-order valence-corrected chi connectivity index (χ2v) is 8.07. The molecule has 0 unspecified atom stereocenters.